The Hall–Kier alpha value is -4.18. The SMILES string of the molecule is C#Cc1ncc([C@@H](CC(=O)O)NC(=O)[C@H](CCC(C)C)n2ccc(C)cc2=O)cc1-c1c(C)cccc1C. The van der Waals surface area contributed by atoms with Gasteiger partial charge in [0.2, 0.25) is 5.91 Å². The molecular weight excluding hydrogens is 478 g/mol. The molecule has 38 heavy (non-hydrogen) atoms. The van der Waals surface area contributed by atoms with Crippen molar-refractivity contribution in [1.82, 2.24) is 14.9 Å². The van der Waals surface area contributed by atoms with Crippen molar-refractivity contribution in [1.29, 1.82) is 0 Å². The third-order valence-corrected chi connectivity index (χ3v) is 6.65. The largest absolute Gasteiger partial charge is 0.481 e. The maximum atomic E-state index is 13.6. The number of nitrogens with zero attached hydrogens (tertiary/aromatic N) is 2. The Bertz CT molecular complexity index is 1410. The lowest BCUT2D eigenvalue weighted by Crippen LogP contribution is -2.39. The molecule has 0 fully saturated rings. The number of nitrogens with one attached hydrogen (secondary N) is 1. The van der Waals surface area contributed by atoms with Crippen molar-refractivity contribution >= 4 is 11.9 Å². The van der Waals surface area contributed by atoms with Crippen LogP contribution in [0.25, 0.3) is 11.1 Å². The van der Waals surface area contributed by atoms with Gasteiger partial charge in [0.25, 0.3) is 5.56 Å². The molecule has 0 saturated carbocycles. The highest BCUT2D eigenvalue weighted by atomic mass is 16.4. The number of terminal acetylenes is 1. The zero-order valence-electron chi connectivity index (χ0n) is 22.6. The van der Waals surface area contributed by atoms with Gasteiger partial charge in [-0.05, 0) is 85.4 Å². The zero-order valence-corrected chi connectivity index (χ0v) is 22.6. The molecule has 0 spiro atoms. The van der Waals surface area contributed by atoms with E-state index in [1.165, 1.54) is 16.8 Å². The van der Waals surface area contributed by atoms with Crippen LogP contribution < -0.4 is 10.9 Å². The van der Waals surface area contributed by atoms with Gasteiger partial charge in [0.1, 0.15) is 11.7 Å². The Morgan fingerprint density at radius 1 is 1.11 bits per heavy atom. The van der Waals surface area contributed by atoms with Gasteiger partial charge in [-0.25, -0.2) is 4.98 Å². The third kappa shape index (κ3) is 6.77. The van der Waals surface area contributed by atoms with Gasteiger partial charge in [0, 0.05) is 24.0 Å². The lowest BCUT2D eigenvalue weighted by atomic mass is 9.92. The van der Waals surface area contributed by atoms with E-state index in [1.54, 1.807) is 12.3 Å². The van der Waals surface area contributed by atoms with Crippen LogP contribution in [0, 0.1) is 39.0 Å². The Morgan fingerprint density at radius 2 is 1.79 bits per heavy atom. The van der Waals surface area contributed by atoms with Gasteiger partial charge in [0.15, 0.2) is 0 Å². The van der Waals surface area contributed by atoms with Crippen LogP contribution >= 0.6 is 0 Å². The van der Waals surface area contributed by atoms with E-state index in [0.717, 1.165) is 28.7 Å². The van der Waals surface area contributed by atoms with Crippen molar-refractivity contribution in [2.24, 2.45) is 5.92 Å². The van der Waals surface area contributed by atoms with E-state index in [2.05, 4.69) is 16.2 Å². The van der Waals surface area contributed by atoms with Gasteiger partial charge in [-0.2, -0.15) is 0 Å². The molecule has 1 aromatic carbocycles. The Morgan fingerprint density at radius 3 is 2.37 bits per heavy atom. The fraction of sp³-hybridized carbons (Fsp3) is 0.355. The summed E-state index contributed by atoms with van der Waals surface area (Å²) in [6.07, 6.45) is 9.70. The van der Waals surface area contributed by atoms with Crippen LogP contribution in [-0.2, 0) is 9.59 Å². The predicted octanol–water partition coefficient (Wildman–Crippen LogP) is 5.13. The molecule has 0 aliphatic carbocycles. The van der Waals surface area contributed by atoms with E-state index in [-0.39, 0.29) is 12.0 Å². The van der Waals surface area contributed by atoms with Crippen molar-refractivity contribution in [2.45, 2.75) is 66.0 Å². The number of hydrogen-bond donors (Lipinski definition) is 2. The van der Waals surface area contributed by atoms with Crippen LogP contribution in [0.1, 0.15) is 73.1 Å². The van der Waals surface area contributed by atoms with Gasteiger partial charge >= 0.3 is 5.97 Å². The molecule has 1 amide bonds. The number of carbonyl (C=O) groups is 2. The summed E-state index contributed by atoms with van der Waals surface area (Å²) < 4.78 is 1.42. The monoisotopic (exact) mass is 513 g/mol. The summed E-state index contributed by atoms with van der Waals surface area (Å²) in [5.74, 6) is 1.45. The third-order valence-electron chi connectivity index (χ3n) is 6.65. The number of hydrogen-bond acceptors (Lipinski definition) is 4. The maximum Gasteiger partial charge on any atom is 0.305 e. The number of carboxylic acid groups (broad SMARTS) is 1. The van der Waals surface area contributed by atoms with E-state index in [9.17, 15) is 19.5 Å². The first-order valence-corrected chi connectivity index (χ1v) is 12.8. The molecule has 2 N–H and O–H groups in total. The molecule has 0 saturated heterocycles. The summed E-state index contributed by atoms with van der Waals surface area (Å²) in [6, 6.07) is 9.34. The molecule has 0 aliphatic rings. The highest BCUT2D eigenvalue weighted by molar-refractivity contribution is 5.82. The summed E-state index contributed by atoms with van der Waals surface area (Å²) in [5.41, 5.74) is 5.13. The van der Waals surface area contributed by atoms with E-state index in [0.29, 0.717) is 29.2 Å². The standard InChI is InChI=1S/C31H35N3O4/c1-7-25-24(30-21(5)9-8-10-22(30)6)16-23(18-32-25)26(17-29(36)37)33-31(38)27(12-11-19(2)3)34-14-13-20(4)15-28(34)35/h1,8-10,13-16,18-19,26-27H,11-12,17H2,2-6H3,(H,33,38)(H,36,37)/t26-,27+/m1/s1. The maximum absolute atomic E-state index is 13.6. The fourth-order valence-electron chi connectivity index (χ4n) is 4.65. The number of rotatable bonds is 10. The lowest BCUT2D eigenvalue weighted by molar-refractivity contribution is -0.138. The number of amides is 1. The molecule has 0 bridgehead atoms. The van der Waals surface area contributed by atoms with Crippen LogP contribution in [0.2, 0.25) is 0 Å². The van der Waals surface area contributed by atoms with E-state index >= 15 is 0 Å². The van der Waals surface area contributed by atoms with E-state index in [4.69, 9.17) is 6.42 Å². The summed E-state index contributed by atoms with van der Waals surface area (Å²) in [5, 5.41) is 12.6. The molecule has 3 rings (SSSR count). The highest BCUT2D eigenvalue weighted by Crippen LogP contribution is 2.32. The minimum atomic E-state index is -1.07. The topological polar surface area (TPSA) is 101 Å². The smallest absolute Gasteiger partial charge is 0.305 e. The molecule has 7 heteroatoms. The highest BCUT2D eigenvalue weighted by Gasteiger charge is 2.27. The van der Waals surface area contributed by atoms with Crippen LogP contribution in [0.4, 0.5) is 0 Å². The molecular formula is C31H35N3O4. The number of benzene rings is 1. The number of carbonyl (C=O) groups excluding carboxylic acids is 1. The summed E-state index contributed by atoms with van der Waals surface area (Å²) >= 11 is 0. The van der Waals surface area contributed by atoms with Crippen LogP contribution in [0.15, 0.2) is 53.6 Å². The fourth-order valence-corrected chi connectivity index (χ4v) is 4.65. The van der Waals surface area contributed by atoms with Crippen molar-refractivity contribution in [3.05, 3.63) is 87.1 Å². The molecule has 7 nitrogen and oxygen atoms in total. The number of carboxylic acids is 1. The van der Waals surface area contributed by atoms with Gasteiger partial charge in [-0.1, -0.05) is 32.0 Å². The van der Waals surface area contributed by atoms with Crippen LogP contribution in [0.5, 0.6) is 0 Å². The minimum absolute atomic E-state index is 0.277. The normalized spacial score (nSPS) is 12.6. The van der Waals surface area contributed by atoms with Gasteiger partial charge in [0.05, 0.1) is 12.5 Å². The Balaban J connectivity index is 2.05. The van der Waals surface area contributed by atoms with Gasteiger partial charge < -0.3 is 15.0 Å². The first-order valence-electron chi connectivity index (χ1n) is 12.8. The number of aryl methyl sites for hydroxylation is 3. The molecule has 2 heterocycles. The summed E-state index contributed by atoms with van der Waals surface area (Å²) in [4.78, 5) is 42.7. The second-order valence-corrected chi connectivity index (χ2v) is 10.2. The first-order chi connectivity index (χ1) is 18.0. The quantitative estimate of drug-likeness (QED) is 0.366. The van der Waals surface area contributed by atoms with Gasteiger partial charge in [-0.15, -0.1) is 6.42 Å². The predicted molar refractivity (Wildman–Crippen MR) is 149 cm³/mol. The van der Waals surface area contributed by atoms with Crippen molar-refractivity contribution in [3.63, 3.8) is 0 Å². The van der Waals surface area contributed by atoms with Crippen molar-refractivity contribution < 1.29 is 14.7 Å². The van der Waals surface area contributed by atoms with Crippen molar-refractivity contribution in [3.8, 4) is 23.5 Å². The second-order valence-electron chi connectivity index (χ2n) is 10.2. The Labute approximate surface area is 223 Å². The van der Waals surface area contributed by atoms with Gasteiger partial charge in [-0.3, -0.25) is 14.4 Å². The lowest BCUT2D eigenvalue weighted by Gasteiger charge is -2.25. The molecule has 2 atom stereocenters. The molecule has 198 valence electrons. The summed E-state index contributed by atoms with van der Waals surface area (Å²) in [6.45, 7) is 9.87. The first kappa shape index (κ1) is 28.4. The number of aliphatic carboxylic acids is 1. The molecule has 0 unspecified atom stereocenters. The van der Waals surface area contributed by atoms with Crippen molar-refractivity contribution in [2.75, 3.05) is 0 Å². The van der Waals surface area contributed by atoms with Crippen LogP contribution in [0.3, 0.4) is 0 Å². The van der Waals surface area contributed by atoms with E-state index in [1.807, 2.05) is 58.9 Å². The molecule has 3 aromatic rings. The molecule has 0 aliphatic heterocycles. The van der Waals surface area contributed by atoms with E-state index < -0.39 is 24.0 Å². The second kappa shape index (κ2) is 12.4. The Kier molecular flexibility index (Phi) is 9.25. The number of aromatic nitrogens is 2. The minimum Gasteiger partial charge on any atom is -0.481 e. The number of pyridine rings is 2. The average Bonchev–Trinajstić information content (AvgIpc) is 2.84. The zero-order chi connectivity index (χ0) is 28.0. The molecule has 2 aromatic heterocycles. The average molecular weight is 514 g/mol. The van der Waals surface area contributed by atoms with Crippen LogP contribution in [-0.4, -0.2) is 26.5 Å². The summed E-state index contributed by atoms with van der Waals surface area (Å²) in [7, 11) is 0. The molecule has 0 radical (unpaired) electrons.